The first-order chi connectivity index (χ1) is 9.78. The second-order valence-electron chi connectivity index (χ2n) is 6.17. The number of fused-ring (bicyclic) bond motifs is 1. The molecule has 0 unspecified atom stereocenters. The Morgan fingerprint density at radius 1 is 1.38 bits per heavy atom. The number of nitrogens with zero attached hydrogens (tertiary/aromatic N) is 1. The smallest absolute Gasteiger partial charge is 0.419 e. The fourth-order valence-electron chi connectivity index (χ4n) is 2.53. The van der Waals surface area contributed by atoms with Crippen LogP contribution in [0.15, 0.2) is 18.3 Å². The number of aromatic nitrogens is 1. The molecule has 0 amide bonds. The number of aldehydes is 1. The molecule has 0 atom stereocenters. The van der Waals surface area contributed by atoms with E-state index in [0.29, 0.717) is 5.56 Å². The zero-order chi connectivity index (χ0) is 15.8. The summed E-state index contributed by atoms with van der Waals surface area (Å²) in [6.07, 6.45) is 2.88. The van der Waals surface area contributed by atoms with Gasteiger partial charge in [-0.2, -0.15) is 0 Å². The molecule has 112 valence electrons. The molecule has 0 radical (unpaired) electrons. The van der Waals surface area contributed by atoms with Crippen molar-refractivity contribution in [3.63, 3.8) is 0 Å². The lowest BCUT2D eigenvalue weighted by Gasteiger charge is -2.20. The molecule has 2 rings (SSSR count). The molecule has 0 fully saturated rings. The Balaban J connectivity index is 2.64. The Morgan fingerprint density at radius 2 is 2.05 bits per heavy atom. The van der Waals surface area contributed by atoms with Gasteiger partial charge in [0.15, 0.2) is 6.29 Å². The summed E-state index contributed by atoms with van der Waals surface area (Å²) in [6.45, 7) is 9.44. The summed E-state index contributed by atoms with van der Waals surface area (Å²) in [5, 5.41) is 0.799. The highest BCUT2D eigenvalue weighted by atomic mass is 16.6. The lowest BCUT2D eigenvalue weighted by atomic mass is 9.99. The largest absolute Gasteiger partial charge is 0.443 e. The first kappa shape index (κ1) is 15.3. The number of carbonyl (C=O) groups is 2. The van der Waals surface area contributed by atoms with Crippen LogP contribution in [0.4, 0.5) is 4.79 Å². The number of aryl methyl sites for hydroxylation is 2. The molecule has 0 aliphatic rings. The quantitative estimate of drug-likeness (QED) is 0.781. The highest BCUT2D eigenvalue weighted by Gasteiger charge is 2.21. The van der Waals surface area contributed by atoms with Gasteiger partial charge in [-0.3, -0.25) is 9.36 Å². The summed E-state index contributed by atoms with van der Waals surface area (Å²) in [4.78, 5) is 23.7. The molecule has 4 heteroatoms. The Morgan fingerprint density at radius 3 is 2.57 bits per heavy atom. The van der Waals surface area contributed by atoms with Gasteiger partial charge in [-0.15, -0.1) is 0 Å². The Labute approximate surface area is 124 Å². The van der Waals surface area contributed by atoms with Gasteiger partial charge in [0, 0.05) is 17.1 Å². The molecule has 0 spiro atoms. The van der Waals surface area contributed by atoms with Gasteiger partial charge < -0.3 is 4.74 Å². The fourth-order valence-corrected chi connectivity index (χ4v) is 2.53. The molecule has 1 aromatic carbocycles. The van der Waals surface area contributed by atoms with Crippen LogP contribution < -0.4 is 0 Å². The zero-order valence-electron chi connectivity index (χ0n) is 13.2. The lowest BCUT2D eigenvalue weighted by Crippen LogP contribution is -2.26. The summed E-state index contributed by atoms with van der Waals surface area (Å²) in [6, 6.07) is 3.77. The molecule has 1 aromatic heterocycles. The minimum absolute atomic E-state index is 0.429. The number of rotatable bonds is 2. The van der Waals surface area contributed by atoms with Crippen LogP contribution in [0.1, 0.15) is 49.2 Å². The van der Waals surface area contributed by atoms with E-state index >= 15 is 0 Å². The summed E-state index contributed by atoms with van der Waals surface area (Å²) in [5.74, 6) is 0. The third kappa shape index (κ3) is 2.84. The zero-order valence-corrected chi connectivity index (χ0v) is 13.2. The second-order valence-corrected chi connectivity index (χ2v) is 6.17. The van der Waals surface area contributed by atoms with Crippen molar-refractivity contribution in [2.24, 2.45) is 0 Å². The summed E-state index contributed by atoms with van der Waals surface area (Å²) < 4.78 is 6.89. The van der Waals surface area contributed by atoms with Crippen LogP contribution in [0.2, 0.25) is 0 Å². The minimum Gasteiger partial charge on any atom is -0.443 e. The Kier molecular flexibility index (Phi) is 3.90. The molecule has 0 N–H and O–H groups in total. The van der Waals surface area contributed by atoms with Crippen molar-refractivity contribution < 1.29 is 14.3 Å². The average molecular weight is 287 g/mol. The maximum atomic E-state index is 12.3. The van der Waals surface area contributed by atoms with Gasteiger partial charge in [0.25, 0.3) is 0 Å². The van der Waals surface area contributed by atoms with E-state index in [1.54, 1.807) is 12.3 Å². The van der Waals surface area contributed by atoms with Gasteiger partial charge in [0.05, 0.1) is 5.52 Å². The van der Waals surface area contributed by atoms with E-state index in [9.17, 15) is 9.59 Å². The van der Waals surface area contributed by atoms with Gasteiger partial charge in [-0.05, 0) is 51.3 Å². The van der Waals surface area contributed by atoms with Gasteiger partial charge in [0.1, 0.15) is 5.60 Å². The van der Waals surface area contributed by atoms with Crippen LogP contribution in [0.5, 0.6) is 0 Å². The third-order valence-electron chi connectivity index (χ3n) is 3.38. The Bertz CT molecular complexity index is 705. The lowest BCUT2D eigenvalue weighted by molar-refractivity contribution is 0.0544. The fraction of sp³-hybridized carbons (Fsp3) is 0.412. The van der Waals surface area contributed by atoms with Gasteiger partial charge in [-0.25, -0.2) is 4.79 Å². The first-order valence-electron chi connectivity index (χ1n) is 7.10. The van der Waals surface area contributed by atoms with Gasteiger partial charge >= 0.3 is 6.09 Å². The van der Waals surface area contributed by atoms with Crippen LogP contribution in [-0.4, -0.2) is 22.5 Å². The van der Waals surface area contributed by atoms with Crippen LogP contribution in [0, 0.1) is 6.92 Å². The van der Waals surface area contributed by atoms with Crippen molar-refractivity contribution >= 4 is 23.3 Å². The summed E-state index contributed by atoms with van der Waals surface area (Å²) in [7, 11) is 0. The molecule has 0 bridgehead atoms. The summed E-state index contributed by atoms with van der Waals surface area (Å²) in [5.41, 5.74) is 2.79. The molecular formula is C17H21NO3. The van der Waals surface area contributed by atoms with Crippen molar-refractivity contribution in [3.05, 3.63) is 35.0 Å². The van der Waals surface area contributed by atoms with Crippen molar-refractivity contribution in [3.8, 4) is 0 Å². The van der Waals surface area contributed by atoms with E-state index in [-0.39, 0.29) is 0 Å². The minimum atomic E-state index is -0.557. The normalized spacial score (nSPS) is 11.7. The number of carbonyl (C=O) groups excluding carboxylic acids is 2. The predicted molar refractivity (Wildman–Crippen MR) is 83.1 cm³/mol. The Hall–Kier alpha value is -2.10. The van der Waals surface area contributed by atoms with E-state index in [1.165, 1.54) is 4.57 Å². The monoisotopic (exact) mass is 287 g/mol. The van der Waals surface area contributed by atoms with E-state index in [2.05, 4.69) is 0 Å². The molecule has 21 heavy (non-hydrogen) atoms. The number of benzene rings is 1. The molecule has 2 aromatic rings. The van der Waals surface area contributed by atoms with Crippen molar-refractivity contribution in [1.29, 1.82) is 0 Å². The molecule has 4 nitrogen and oxygen atoms in total. The SMILES string of the molecule is CCc1cc(C)c2c(ccn2C(=O)OC(C)(C)C)c1C=O. The standard InChI is InChI=1S/C17H21NO3/c1-6-12-9-11(2)15-13(14(12)10-19)7-8-18(15)16(20)21-17(3,4)5/h7-10H,6H2,1-5H3. The molecule has 0 saturated heterocycles. The highest BCUT2D eigenvalue weighted by molar-refractivity contribution is 6.02. The van der Waals surface area contributed by atoms with Crippen molar-refractivity contribution in [2.75, 3.05) is 0 Å². The molecule has 0 aliphatic heterocycles. The number of hydrogen-bond acceptors (Lipinski definition) is 3. The van der Waals surface area contributed by atoms with Crippen LogP contribution in [0.3, 0.4) is 0 Å². The molecular weight excluding hydrogens is 266 g/mol. The summed E-state index contributed by atoms with van der Waals surface area (Å²) >= 11 is 0. The van der Waals surface area contributed by atoms with Crippen molar-refractivity contribution in [1.82, 2.24) is 4.57 Å². The predicted octanol–water partition coefficient (Wildman–Crippen LogP) is 4.11. The molecule has 1 heterocycles. The van der Waals surface area contributed by atoms with E-state index < -0.39 is 11.7 Å². The number of hydrogen-bond donors (Lipinski definition) is 0. The van der Waals surface area contributed by atoms with Gasteiger partial charge in [-0.1, -0.05) is 13.0 Å². The molecule has 0 aliphatic carbocycles. The van der Waals surface area contributed by atoms with Crippen LogP contribution in [-0.2, 0) is 11.2 Å². The average Bonchev–Trinajstić information content (AvgIpc) is 2.81. The maximum absolute atomic E-state index is 12.3. The van der Waals surface area contributed by atoms with E-state index in [0.717, 1.165) is 34.7 Å². The maximum Gasteiger partial charge on any atom is 0.419 e. The van der Waals surface area contributed by atoms with Crippen LogP contribution >= 0.6 is 0 Å². The molecule has 0 saturated carbocycles. The third-order valence-corrected chi connectivity index (χ3v) is 3.38. The van der Waals surface area contributed by atoms with Crippen molar-refractivity contribution in [2.45, 2.75) is 46.6 Å². The van der Waals surface area contributed by atoms with E-state index in [4.69, 9.17) is 4.74 Å². The topological polar surface area (TPSA) is 48.3 Å². The van der Waals surface area contributed by atoms with E-state index in [1.807, 2.05) is 40.7 Å². The second kappa shape index (κ2) is 5.35. The van der Waals surface area contributed by atoms with Gasteiger partial charge in [0.2, 0.25) is 0 Å². The number of ether oxygens (including phenoxy) is 1. The first-order valence-corrected chi connectivity index (χ1v) is 7.10. The van der Waals surface area contributed by atoms with Crippen LogP contribution in [0.25, 0.3) is 10.9 Å². The highest BCUT2D eigenvalue weighted by Crippen LogP contribution is 2.27.